The molecule has 0 radical (unpaired) electrons. The van der Waals surface area contributed by atoms with Gasteiger partial charge in [-0.05, 0) is 179 Å². The Labute approximate surface area is 792 Å². The molecule has 135 heavy (non-hydrogen) atoms. The summed E-state index contributed by atoms with van der Waals surface area (Å²) in [4.78, 5) is 146. The molecule has 0 spiro atoms. The zero-order valence-electron chi connectivity index (χ0n) is 79.9. The first-order chi connectivity index (χ1) is 64.7. The first-order valence-electron chi connectivity index (χ1n) is 47.6. The van der Waals surface area contributed by atoms with Crippen LogP contribution in [0.3, 0.4) is 0 Å². The number of ketones is 2. The van der Waals surface area contributed by atoms with Crippen LogP contribution in [0.2, 0.25) is 0 Å². The molecule has 16 atom stereocenters. The van der Waals surface area contributed by atoms with E-state index in [2.05, 4.69) is 35.1 Å². The minimum atomic E-state index is -3.86. The number of carbonyl (C=O) groups excluding carboxylic acids is 8. The molecule has 3 aromatic heterocycles. The third kappa shape index (κ3) is 27.6. The van der Waals surface area contributed by atoms with Crippen molar-refractivity contribution < 1.29 is 100.0 Å². The van der Waals surface area contributed by atoms with Crippen molar-refractivity contribution in [1.82, 2.24) is 49.8 Å². The van der Waals surface area contributed by atoms with Gasteiger partial charge >= 0.3 is 11.9 Å². The zero-order chi connectivity index (χ0) is 96.8. The van der Waals surface area contributed by atoms with E-state index in [1.807, 2.05) is 97.0 Å². The minimum absolute atomic E-state index is 0.00335. The maximum atomic E-state index is 14.9. The van der Waals surface area contributed by atoms with Gasteiger partial charge in [0.05, 0.1) is 66.8 Å². The Morgan fingerprint density at radius 2 is 1.42 bits per heavy atom. The summed E-state index contributed by atoms with van der Waals surface area (Å²) in [7, 11) is 0.671. The number of benzene rings is 2. The summed E-state index contributed by atoms with van der Waals surface area (Å²) in [6.07, 6.45) is 18.0. The fraction of sp³-hybridized carbons (Fsp3) is 0.590. The molecule has 34 nitrogen and oxygen atoms in total. The van der Waals surface area contributed by atoms with Crippen LogP contribution in [0.1, 0.15) is 176 Å². The van der Waals surface area contributed by atoms with Crippen LogP contribution in [0.4, 0.5) is 17.7 Å². The minimum Gasteiger partial charge on any atom is -0.491 e. The Morgan fingerprint density at radius 1 is 0.704 bits per heavy atom. The molecule has 6 N–H and O–H groups in total. The van der Waals surface area contributed by atoms with Crippen molar-refractivity contribution >= 4 is 74.7 Å². The lowest BCUT2D eigenvalue weighted by Crippen LogP contribution is -2.61. The summed E-state index contributed by atoms with van der Waals surface area (Å²) < 4.78 is 75.5. The number of piperazine rings is 2. The molecule has 5 aromatic rings. The van der Waals surface area contributed by atoms with Gasteiger partial charge in [-0.3, -0.25) is 38.5 Å². The van der Waals surface area contributed by atoms with E-state index in [0.29, 0.717) is 176 Å². The summed E-state index contributed by atoms with van der Waals surface area (Å²) in [6, 6.07) is 12.6. The number of hydrogen-bond acceptors (Lipinski definition) is 30. The van der Waals surface area contributed by atoms with Gasteiger partial charge in [0.2, 0.25) is 23.6 Å². The Kier molecular flexibility index (Phi) is 37.3. The second-order valence-electron chi connectivity index (χ2n) is 37.4. The van der Waals surface area contributed by atoms with Crippen LogP contribution in [0, 0.1) is 42.4 Å². The number of allylic oxidation sites excluding steroid dienone is 5. The number of anilines is 3. The number of Topliss-reactive ketones (excluding diaryl/α,β-unsaturated/α-hetero) is 2. The highest BCUT2D eigenvalue weighted by Gasteiger charge is 2.54. The average molecular weight is 1890 g/mol. The first kappa shape index (κ1) is 104. The number of piperidine rings is 1. The molecule has 1 saturated carbocycles. The Balaban J connectivity index is 0.548. The van der Waals surface area contributed by atoms with Crippen molar-refractivity contribution in [2.45, 2.75) is 224 Å². The topological polar surface area (TPSA) is 427 Å². The molecule has 12 rings (SSSR count). The van der Waals surface area contributed by atoms with Gasteiger partial charge in [-0.2, -0.15) is 0 Å². The number of esters is 2. The van der Waals surface area contributed by atoms with Crippen LogP contribution in [0.15, 0.2) is 132 Å². The van der Waals surface area contributed by atoms with Gasteiger partial charge in [-0.15, -0.1) is 0 Å². The number of aromatic nitrogens is 5. The van der Waals surface area contributed by atoms with Crippen molar-refractivity contribution in [2.24, 2.45) is 35.5 Å². The van der Waals surface area contributed by atoms with Crippen LogP contribution >= 0.6 is 0 Å². The molecule has 5 fully saturated rings. The SMILES string of the molecule is CO[C@H]1C[C@@H]2CC[C@@H](C)[C@@](O)(O2)C(=O)C(=O)N2CCCC[C@H]2C(=O)O[C@H]([C@H](C)C[C@@H]2CC[C@@H](OC(=O)CCc3cnc(N4CCN(C(=O)CCOCCN5CCN(c6ncc(C(=O)NCCS(=O)(=O)c7ccc(C(=O)N8CCOc9ccc(-c%10ccc(N)nc%10)cc9C8)c(C)c7)cn6)CC5)CC4)nc3)[C@H](OC)C2)C[C@@H](O)[C@H](C)/C=C(\C)[C@@H](O)[C@@H](OC)C(=O)[C@H](C)C[C@H](C)/C=C/C=C/C=C/1C. The number of nitrogens with two attached hydrogens (primary N) is 1. The predicted octanol–water partition coefficient (Wildman–Crippen LogP) is 8.80. The van der Waals surface area contributed by atoms with Gasteiger partial charge in [-0.1, -0.05) is 77.1 Å². The standard InChI is InChI=1S/C100H137N13O21S/c1-63-17-13-12-14-18-64(2)84(127-9)55-77-25-20-70(8)100(124,134-77)93(119)96(122)113-34-16-15-19-80(113)97(123)133-85(56-81(114)66(4)50-69(7)91(118)92(129-11)90(117)68(6)49-63)67(5)51-71-21-28-83(86(53-71)128-10)132-89(116)31-22-72-57-104-98(105-58-72)111-41-39-109(40-42-111)88(115)32-45-130-46-43-108-35-37-110(38-36-108)99-106-60-76(61-107-99)94(120)102-33-48-135(125,126)78-26-27-79(65(3)52-78)95(121)112-44-47-131-82-29-23-73(54-75(82)62-112)74-24-30-87(101)103-59-74/h12-14,17-18,23-24,26-27,29-30,50,52,54,57-61,63,66-68,70-71,77,80-81,83-86,91-92,114,118,124H,15-16,19-22,25,28,31-49,51,53,55-56,62H2,1-11H3,(H2,101,103)(H,102,120)/b14-12+,17-13+,64-18+,69-50+/t63-,66-,67-,68-,70-,71+,77+,80+,81-,83-,84+,85+,86-,91-,92+,100-/m1/s1. The lowest BCUT2D eigenvalue weighted by Gasteiger charge is -2.43. The summed E-state index contributed by atoms with van der Waals surface area (Å²) in [5, 5.41) is 38.7. The highest BCUT2D eigenvalue weighted by atomic mass is 32.2. The first-order valence-corrected chi connectivity index (χ1v) is 49.3. The van der Waals surface area contributed by atoms with E-state index in [4.69, 9.17) is 43.6 Å². The van der Waals surface area contributed by atoms with Gasteiger partial charge in [-0.25, -0.2) is 38.1 Å². The molecule has 4 saturated heterocycles. The number of methoxy groups -OCH3 is 3. The molecule has 1 aliphatic carbocycles. The number of nitrogens with zero attached hydrogens (tertiary/aromatic N) is 11. The highest BCUT2D eigenvalue weighted by Crippen LogP contribution is 2.40. The lowest BCUT2D eigenvalue weighted by molar-refractivity contribution is -0.265. The third-order valence-electron chi connectivity index (χ3n) is 27.6. The van der Waals surface area contributed by atoms with Crippen molar-refractivity contribution in [3.05, 3.63) is 155 Å². The van der Waals surface area contributed by atoms with E-state index in [9.17, 15) is 62.1 Å². The van der Waals surface area contributed by atoms with E-state index in [-0.39, 0.29) is 111 Å². The lowest BCUT2D eigenvalue weighted by atomic mass is 9.78. The normalized spacial score (nSPS) is 28.1. The van der Waals surface area contributed by atoms with Crippen molar-refractivity contribution in [1.29, 1.82) is 0 Å². The number of nitrogens with one attached hydrogen (secondary N) is 1. The van der Waals surface area contributed by atoms with Gasteiger partial charge < -0.3 is 88.8 Å². The molecule has 35 heteroatoms. The number of cyclic esters (lactones) is 1. The van der Waals surface area contributed by atoms with Crippen molar-refractivity contribution in [2.75, 3.05) is 141 Å². The van der Waals surface area contributed by atoms with Crippen LogP contribution < -0.4 is 25.6 Å². The quantitative estimate of drug-likeness (QED) is 0.0158. The molecule has 6 aliphatic heterocycles. The summed E-state index contributed by atoms with van der Waals surface area (Å²) >= 11 is 0. The number of aryl methyl sites for hydroxylation is 2. The number of amides is 4. The number of pyridine rings is 1. The predicted molar refractivity (Wildman–Crippen MR) is 505 cm³/mol. The van der Waals surface area contributed by atoms with E-state index < -0.39 is 124 Å². The van der Waals surface area contributed by atoms with Gasteiger partial charge in [0, 0.05) is 185 Å². The summed E-state index contributed by atoms with van der Waals surface area (Å²) in [5.74, 6) is -7.51. The number of aliphatic hydroxyl groups excluding tert-OH is 2. The number of fused-ring (bicyclic) bond motifs is 4. The number of ether oxygens (including phenoxy) is 8. The third-order valence-corrected chi connectivity index (χ3v) is 29.3. The second-order valence-corrected chi connectivity index (χ2v) is 39.5. The van der Waals surface area contributed by atoms with Gasteiger partial charge in [0.15, 0.2) is 15.6 Å². The molecule has 2 bridgehead atoms. The number of sulfone groups is 1. The van der Waals surface area contributed by atoms with E-state index in [1.54, 1.807) is 77.5 Å². The van der Waals surface area contributed by atoms with E-state index >= 15 is 0 Å². The van der Waals surface area contributed by atoms with E-state index in [1.165, 1.54) is 42.6 Å². The Bertz CT molecular complexity index is 5120. The molecule has 4 amide bonds. The highest BCUT2D eigenvalue weighted by molar-refractivity contribution is 7.91. The smallest absolute Gasteiger partial charge is 0.329 e. The number of aliphatic hydroxyl groups is 3. The summed E-state index contributed by atoms with van der Waals surface area (Å²) in [5.41, 5.74) is 11.4. The van der Waals surface area contributed by atoms with Crippen LogP contribution in [-0.2, 0) is 84.7 Å². The van der Waals surface area contributed by atoms with Gasteiger partial charge in [0.1, 0.15) is 48.6 Å². The van der Waals surface area contributed by atoms with Crippen LogP contribution in [-0.4, -0.2) is 301 Å². The van der Waals surface area contributed by atoms with Crippen molar-refractivity contribution in [3.8, 4) is 16.9 Å². The number of nitrogen functional groups attached to an aromatic ring is 1. The van der Waals surface area contributed by atoms with Crippen molar-refractivity contribution in [3.63, 3.8) is 0 Å². The van der Waals surface area contributed by atoms with E-state index in [0.717, 1.165) is 27.8 Å². The fourth-order valence-electron chi connectivity index (χ4n) is 19.1. The fourth-order valence-corrected chi connectivity index (χ4v) is 20.4. The second kappa shape index (κ2) is 48.6. The molecule has 9 heterocycles. The molecule has 0 unspecified atom stereocenters. The molecule has 2 aromatic carbocycles. The van der Waals surface area contributed by atoms with Crippen LogP contribution in [0.25, 0.3) is 11.1 Å². The van der Waals surface area contributed by atoms with Gasteiger partial charge in [0.25, 0.3) is 23.5 Å². The summed E-state index contributed by atoms with van der Waals surface area (Å²) in [6.45, 7) is 21.4. The maximum Gasteiger partial charge on any atom is 0.329 e. The number of carbonyl (C=O) groups is 8. The molecular formula is C100H137N13O21S. The average Bonchev–Trinajstić information content (AvgIpc) is 1.09. The largest absolute Gasteiger partial charge is 0.491 e. The molecule has 734 valence electrons. The Morgan fingerprint density at radius 3 is 2.12 bits per heavy atom. The molecule has 7 aliphatic rings. The monoisotopic (exact) mass is 1890 g/mol. The number of rotatable bonds is 25. The van der Waals surface area contributed by atoms with Crippen LogP contribution in [0.5, 0.6) is 5.75 Å². The maximum absolute atomic E-state index is 14.9. The molecular weight excluding hydrogens is 1750 g/mol. The zero-order valence-corrected chi connectivity index (χ0v) is 80.7. The number of hydrogen-bond donors (Lipinski definition) is 5. The Hall–Kier alpha value is -10.3.